The summed E-state index contributed by atoms with van der Waals surface area (Å²) in [4.78, 5) is 1.49. The standard InChI is InChI=1S/3C33H23NO.C33H23NS/c1-33(2)27-18-25-23-11-5-7-13-28(23)34(22-16-15-20-9-3-4-10-21(20)17-22)29(25)19-26(27)32-31(33)24-12-6-8-14-30(24)35-32;1-33(2)27-19-29-25(18-26(27)32-31(33)24-12-6-8-14-30(24)35-32)23-11-5-7-13-28(23)34(29)22-16-15-20-9-3-4-10-21(20)17-22;1-33(2)26-18-17-24-23-11-5-7-13-27(23)34(22-16-15-20-9-3-4-10-21(20)19-22)31(24)29(26)32-30(33)25-12-6-8-14-28(25)35-32;1-33(2)27-19-29-25(18-26(27)31-24-12-6-8-14-30(24)35-32(31)33)23-11-5-7-13-28(23)34(29)22-16-15-20-9-3-4-10-21(20)17-22/h4*3-19H,1-2H3. The normalized spacial score (nSPS) is 14.2. The predicted molar refractivity (Wildman–Crippen MR) is 588 cm³/mol. The van der Waals surface area contributed by atoms with Gasteiger partial charge >= 0.3 is 0 Å². The van der Waals surface area contributed by atoms with Crippen LogP contribution in [0.15, 0.2) is 426 Å². The van der Waals surface area contributed by atoms with Gasteiger partial charge in [0.05, 0.1) is 44.1 Å². The van der Waals surface area contributed by atoms with E-state index in [9.17, 15) is 0 Å². The molecule has 8 heteroatoms. The van der Waals surface area contributed by atoms with Gasteiger partial charge in [-0.15, -0.1) is 11.3 Å². The monoisotopic (exact) mass is 1810 g/mol. The number of hydrogen-bond donors (Lipinski definition) is 0. The maximum atomic E-state index is 6.62. The van der Waals surface area contributed by atoms with Gasteiger partial charge in [0.1, 0.15) is 34.0 Å². The van der Waals surface area contributed by atoms with Gasteiger partial charge in [0.15, 0.2) is 0 Å². The zero-order valence-electron chi connectivity index (χ0n) is 78.7. The van der Waals surface area contributed by atoms with Crippen LogP contribution in [0.1, 0.15) is 99.2 Å². The summed E-state index contributed by atoms with van der Waals surface area (Å²) in [6.45, 7) is 18.7. The largest absolute Gasteiger partial charge is 0.456 e. The van der Waals surface area contributed by atoms with E-state index in [-0.39, 0.29) is 21.7 Å². The summed E-state index contributed by atoms with van der Waals surface area (Å²) in [5.74, 6) is 3.06. The van der Waals surface area contributed by atoms with Gasteiger partial charge < -0.3 is 31.5 Å². The van der Waals surface area contributed by atoms with Gasteiger partial charge in [0, 0.05) is 158 Å². The lowest BCUT2D eigenvalue weighted by Crippen LogP contribution is -2.15. The lowest BCUT2D eigenvalue weighted by Gasteiger charge is -2.21. The molecule has 0 radical (unpaired) electrons. The van der Waals surface area contributed by atoms with E-state index in [0.717, 1.165) is 34.0 Å². The highest BCUT2D eigenvalue weighted by molar-refractivity contribution is 7.20. The number of aromatic nitrogens is 4. The summed E-state index contributed by atoms with van der Waals surface area (Å²) >= 11 is 1.96. The van der Waals surface area contributed by atoms with Crippen LogP contribution in [0.25, 0.3) is 241 Å². The van der Waals surface area contributed by atoms with Crippen LogP contribution in [0.5, 0.6) is 0 Å². The van der Waals surface area contributed by atoms with Crippen molar-refractivity contribution in [3.63, 3.8) is 0 Å². The molecule has 4 aliphatic rings. The number of benzene rings is 20. The van der Waals surface area contributed by atoms with Crippen molar-refractivity contribution < 1.29 is 13.3 Å². The summed E-state index contributed by atoms with van der Waals surface area (Å²) in [6, 6.07) is 150. The van der Waals surface area contributed by atoms with Crippen LogP contribution in [-0.4, -0.2) is 18.3 Å². The van der Waals surface area contributed by atoms with Crippen LogP contribution in [0.2, 0.25) is 0 Å². The van der Waals surface area contributed by atoms with E-state index in [1.165, 1.54) is 251 Å². The van der Waals surface area contributed by atoms with Gasteiger partial charge in [0.2, 0.25) is 0 Å². The third-order valence-corrected chi connectivity index (χ3v) is 33.2. The molecule has 0 amide bonds. The van der Waals surface area contributed by atoms with Gasteiger partial charge in [-0.1, -0.05) is 334 Å². The van der Waals surface area contributed by atoms with Gasteiger partial charge in [-0.3, -0.25) is 0 Å². The molecule has 0 aliphatic heterocycles. The van der Waals surface area contributed by atoms with E-state index in [4.69, 9.17) is 13.3 Å². The SMILES string of the molecule is CC1(C)c2cc3c(cc2-c2c1sc1ccccc21)c1ccccc1n3-c1ccc2ccccc2c1.CC1(C)c2cc3c(cc2-c2oc4ccccc4c21)c1ccccc1n3-c1ccc2ccccc2c1.CC1(C)c2cc3c4ccccc4n(-c4ccc5ccccc5c4)c3cc2-c2oc3ccccc3c21.CC1(C)c2ccc3c4ccccc4n(-c4ccc5ccccc5c4)c3c2-c2oc3ccccc3c21. The second-order valence-electron chi connectivity index (χ2n) is 40.9. The third-order valence-electron chi connectivity index (χ3n) is 31.7. The molecule has 0 fully saturated rings. The summed E-state index contributed by atoms with van der Waals surface area (Å²) in [6.07, 6.45) is 0. The van der Waals surface area contributed by atoms with Crippen LogP contribution in [-0.2, 0) is 21.7 Å². The number of hydrogen-bond acceptors (Lipinski definition) is 4. The Morgan fingerprint density at radius 1 is 0.200 bits per heavy atom. The van der Waals surface area contributed by atoms with Crippen molar-refractivity contribution in [2.24, 2.45) is 0 Å². The molecule has 0 spiro atoms. The lowest BCUT2D eigenvalue weighted by atomic mass is 9.81. The molecule has 664 valence electrons. The van der Waals surface area contributed by atoms with Gasteiger partial charge in [-0.25, -0.2) is 0 Å². The maximum absolute atomic E-state index is 6.62. The molecule has 20 aromatic carbocycles. The second-order valence-corrected chi connectivity index (χ2v) is 41.9. The zero-order chi connectivity index (χ0) is 93.2. The van der Waals surface area contributed by atoms with Crippen molar-refractivity contribution in [2.45, 2.75) is 77.0 Å². The van der Waals surface area contributed by atoms with Crippen LogP contribution in [0, 0.1) is 0 Å². The first-order chi connectivity index (χ1) is 68.5. The highest BCUT2D eigenvalue weighted by atomic mass is 32.1. The number of furan rings is 3. The van der Waals surface area contributed by atoms with Gasteiger partial charge in [-0.2, -0.15) is 0 Å². The van der Waals surface area contributed by atoms with Gasteiger partial charge in [-0.05, 0) is 204 Å². The van der Waals surface area contributed by atoms with Crippen molar-refractivity contribution in [1.29, 1.82) is 0 Å². The lowest BCUT2D eigenvalue weighted by molar-refractivity contribution is 0.619. The first-order valence-corrected chi connectivity index (χ1v) is 49.6. The molecule has 0 bridgehead atoms. The Bertz CT molecular complexity index is 10200. The van der Waals surface area contributed by atoms with Crippen LogP contribution in [0.3, 0.4) is 0 Å². The van der Waals surface area contributed by atoms with E-state index in [1.807, 2.05) is 11.3 Å². The van der Waals surface area contributed by atoms with E-state index in [1.54, 1.807) is 0 Å². The summed E-state index contributed by atoms with van der Waals surface area (Å²) in [7, 11) is 0. The van der Waals surface area contributed by atoms with Crippen LogP contribution in [0.4, 0.5) is 0 Å². The Morgan fingerprint density at radius 2 is 0.514 bits per heavy atom. The minimum absolute atomic E-state index is 0.0206. The highest BCUT2D eigenvalue weighted by Gasteiger charge is 2.46. The molecule has 7 nitrogen and oxygen atoms in total. The minimum Gasteiger partial charge on any atom is -0.456 e. The average Bonchev–Trinajstić information content (AvgIpc) is 1.53. The fourth-order valence-corrected chi connectivity index (χ4v) is 26.5. The van der Waals surface area contributed by atoms with E-state index < -0.39 is 0 Å². The molecular formula is C132H92N4O3S. The smallest absolute Gasteiger partial charge is 0.141 e. The van der Waals surface area contributed by atoms with Crippen molar-refractivity contribution in [2.75, 3.05) is 0 Å². The molecule has 0 saturated heterocycles. The minimum atomic E-state index is -0.143. The van der Waals surface area contributed by atoms with Crippen molar-refractivity contribution in [3.8, 4) is 67.8 Å². The molecule has 0 unspecified atom stereocenters. The molecule has 32 rings (SSSR count). The molecule has 0 atom stereocenters. The highest BCUT2D eigenvalue weighted by Crippen LogP contribution is 2.62. The quantitative estimate of drug-likeness (QED) is 0.176. The number of thiophene rings is 1. The number of rotatable bonds is 4. The number of para-hydroxylation sites is 7. The molecule has 0 N–H and O–H groups in total. The van der Waals surface area contributed by atoms with Crippen molar-refractivity contribution in [3.05, 3.63) is 456 Å². The predicted octanol–water partition coefficient (Wildman–Crippen LogP) is 36.4. The number of nitrogens with zero attached hydrogens (tertiary/aromatic N) is 4. The fraction of sp³-hybridized carbons (Fsp3) is 0.0909. The molecule has 8 heterocycles. The third kappa shape index (κ3) is 11.4. The molecule has 4 aliphatic carbocycles. The van der Waals surface area contributed by atoms with Crippen molar-refractivity contribution >= 4 is 185 Å². The van der Waals surface area contributed by atoms with E-state index >= 15 is 0 Å². The first kappa shape index (κ1) is 80.5. The van der Waals surface area contributed by atoms with Crippen LogP contribution >= 0.6 is 11.3 Å². The Hall–Kier alpha value is -16.8. The molecular weight excluding hydrogens is 1720 g/mol. The van der Waals surface area contributed by atoms with Gasteiger partial charge in [0.25, 0.3) is 0 Å². The molecule has 28 aromatic rings. The fourth-order valence-electron chi connectivity index (χ4n) is 25.2. The Kier molecular flexibility index (Phi) is 16.9. The number of fused-ring (bicyclic) bond motifs is 37. The summed E-state index contributed by atoms with van der Waals surface area (Å²) in [5, 5.41) is 25.3. The Labute approximate surface area is 811 Å². The molecule has 0 saturated carbocycles. The zero-order valence-corrected chi connectivity index (χ0v) is 79.5. The summed E-state index contributed by atoms with van der Waals surface area (Å²) in [5.41, 5.74) is 32.9. The maximum Gasteiger partial charge on any atom is 0.141 e. The first-order valence-electron chi connectivity index (χ1n) is 48.8. The second kappa shape index (κ2) is 29.4. The topological polar surface area (TPSA) is 59.1 Å². The Balaban J connectivity index is 0.0000000896. The van der Waals surface area contributed by atoms with Crippen LogP contribution < -0.4 is 0 Å². The summed E-state index contributed by atoms with van der Waals surface area (Å²) < 4.78 is 30.7. The molecule has 140 heavy (non-hydrogen) atoms. The Morgan fingerprint density at radius 3 is 0.964 bits per heavy atom. The van der Waals surface area contributed by atoms with E-state index in [0.29, 0.717) is 0 Å². The van der Waals surface area contributed by atoms with Crippen molar-refractivity contribution in [1.82, 2.24) is 18.3 Å². The average molecular weight is 1810 g/mol. The molecule has 8 aromatic heterocycles. The van der Waals surface area contributed by atoms with E-state index in [2.05, 4.69) is 486 Å².